The molecule has 10 heteroatoms. The van der Waals surface area contributed by atoms with Crippen molar-refractivity contribution in [2.75, 3.05) is 13.2 Å². The molecule has 0 aliphatic heterocycles. The molecule has 0 amide bonds. The van der Waals surface area contributed by atoms with Crippen molar-refractivity contribution in [1.82, 2.24) is 0 Å². The highest BCUT2D eigenvalue weighted by Gasteiger charge is 2.22. The molecule has 0 aromatic heterocycles. The van der Waals surface area contributed by atoms with E-state index in [0.717, 1.165) is 0 Å². The minimum absolute atomic E-state index is 0.00852. The van der Waals surface area contributed by atoms with Crippen molar-refractivity contribution in [3.63, 3.8) is 0 Å². The molecular weight excluding hydrogens is 528 g/mol. The van der Waals surface area contributed by atoms with E-state index < -0.39 is 19.7 Å². The SMILES string of the molecule is O=S(=O)(c1ccc(OC/C=C/COc2ccccc2S(=O)(=O)c2ccc(O)cc2)cc1)c1ccccc1O. The zero-order valence-electron chi connectivity index (χ0n) is 20.0. The lowest BCUT2D eigenvalue weighted by atomic mass is 10.3. The lowest BCUT2D eigenvalue weighted by Crippen LogP contribution is -2.06. The number of phenols is 2. The third-order valence-corrected chi connectivity index (χ3v) is 9.05. The third-order valence-electron chi connectivity index (χ3n) is 5.42. The third kappa shape index (κ3) is 5.99. The van der Waals surface area contributed by atoms with Crippen LogP contribution in [0.5, 0.6) is 23.0 Å². The van der Waals surface area contributed by atoms with Gasteiger partial charge in [-0.2, -0.15) is 0 Å². The van der Waals surface area contributed by atoms with Crippen LogP contribution in [0, 0.1) is 0 Å². The standard InChI is InChI=1S/C28H24O8S2/c29-21-11-15-23(16-12-21)38(33,34)28-10-4-2-8-26(28)36-20-6-5-19-35-22-13-17-24(18-14-22)37(31,32)27-9-3-1-7-25(27)30/h1-18,29-30H,19-20H2/b6-5+. The Morgan fingerprint density at radius 1 is 0.579 bits per heavy atom. The van der Waals surface area contributed by atoms with Crippen LogP contribution in [0.15, 0.2) is 129 Å². The van der Waals surface area contributed by atoms with Crippen LogP contribution in [-0.4, -0.2) is 40.3 Å². The van der Waals surface area contributed by atoms with E-state index in [4.69, 9.17) is 9.47 Å². The molecule has 0 bridgehead atoms. The summed E-state index contributed by atoms with van der Waals surface area (Å²) in [5, 5.41) is 19.3. The summed E-state index contributed by atoms with van der Waals surface area (Å²) in [5.74, 6) is 0.277. The highest BCUT2D eigenvalue weighted by Crippen LogP contribution is 2.31. The highest BCUT2D eigenvalue weighted by molar-refractivity contribution is 7.92. The molecule has 4 rings (SSSR count). The van der Waals surface area contributed by atoms with Crippen molar-refractivity contribution in [2.24, 2.45) is 0 Å². The van der Waals surface area contributed by atoms with Gasteiger partial charge in [-0.1, -0.05) is 24.3 Å². The Morgan fingerprint density at radius 3 is 1.71 bits per heavy atom. The predicted octanol–water partition coefficient (Wildman–Crippen LogP) is 4.78. The van der Waals surface area contributed by atoms with Gasteiger partial charge in [0.05, 0.1) is 9.79 Å². The summed E-state index contributed by atoms with van der Waals surface area (Å²) < 4.78 is 62.7. The molecule has 0 atom stereocenters. The maximum atomic E-state index is 13.0. The maximum absolute atomic E-state index is 13.0. The van der Waals surface area contributed by atoms with Gasteiger partial charge in [-0.3, -0.25) is 0 Å². The molecule has 38 heavy (non-hydrogen) atoms. The first-order valence-corrected chi connectivity index (χ1v) is 14.3. The van der Waals surface area contributed by atoms with Crippen LogP contribution in [0.3, 0.4) is 0 Å². The summed E-state index contributed by atoms with van der Waals surface area (Å²) in [7, 11) is -7.71. The minimum Gasteiger partial charge on any atom is -0.508 e. The van der Waals surface area contributed by atoms with Crippen LogP contribution >= 0.6 is 0 Å². The monoisotopic (exact) mass is 552 g/mol. The van der Waals surface area contributed by atoms with Crippen molar-refractivity contribution >= 4 is 19.7 Å². The largest absolute Gasteiger partial charge is 0.508 e. The first-order chi connectivity index (χ1) is 18.2. The second-order valence-corrected chi connectivity index (χ2v) is 11.8. The number of ether oxygens (including phenoxy) is 2. The molecule has 0 spiro atoms. The van der Waals surface area contributed by atoms with Crippen LogP contribution in [0.4, 0.5) is 0 Å². The maximum Gasteiger partial charge on any atom is 0.210 e. The van der Waals surface area contributed by atoms with Gasteiger partial charge in [0, 0.05) is 0 Å². The zero-order valence-corrected chi connectivity index (χ0v) is 21.6. The van der Waals surface area contributed by atoms with Crippen LogP contribution in [0.25, 0.3) is 0 Å². The molecule has 0 radical (unpaired) electrons. The fourth-order valence-electron chi connectivity index (χ4n) is 3.49. The lowest BCUT2D eigenvalue weighted by molar-refractivity contribution is 0.344. The Kier molecular flexibility index (Phi) is 8.04. The second-order valence-electron chi connectivity index (χ2n) is 7.98. The van der Waals surface area contributed by atoms with Gasteiger partial charge in [0.2, 0.25) is 19.7 Å². The molecule has 0 unspecified atom stereocenters. The average molecular weight is 553 g/mol. The van der Waals surface area contributed by atoms with Gasteiger partial charge in [-0.25, -0.2) is 16.8 Å². The zero-order chi connectivity index (χ0) is 27.2. The first-order valence-electron chi connectivity index (χ1n) is 11.4. The average Bonchev–Trinajstić information content (AvgIpc) is 2.91. The van der Waals surface area contributed by atoms with Crippen molar-refractivity contribution in [2.45, 2.75) is 19.6 Å². The van der Waals surface area contributed by atoms with Crippen molar-refractivity contribution in [1.29, 1.82) is 0 Å². The van der Waals surface area contributed by atoms with E-state index in [2.05, 4.69) is 0 Å². The number of aromatic hydroxyl groups is 2. The topological polar surface area (TPSA) is 127 Å². The highest BCUT2D eigenvalue weighted by atomic mass is 32.2. The van der Waals surface area contributed by atoms with E-state index in [9.17, 15) is 27.0 Å². The van der Waals surface area contributed by atoms with Crippen molar-refractivity contribution < 1.29 is 36.5 Å². The summed E-state index contributed by atoms with van der Waals surface area (Å²) in [5.41, 5.74) is 0. The molecule has 4 aromatic rings. The fourth-order valence-corrected chi connectivity index (χ4v) is 6.24. The molecule has 0 fully saturated rings. The van der Waals surface area contributed by atoms with Gasteiger partial charge in [0.25, 0.3) is 0 Å². The number of hydrogen-bond donors (Lipinski definition) is 2. The number of sulfone groups is 2. The number of benzene rings is 4. The van der Waals surface area contributed by atoms with E-state index >= 15 is 0 Å². The number of para-hydroxylation sites is 2. The Balaban J connectivity index is 1.33. The van der Waals surface area contributed by atoms with Crippen molar-refractivity contribution in [3.05, 3.63) is 109 Å². The van der Waals surface area contributed by atoms with Crippen LogP contribution in [-0.2, 0) is 19.7 Å². The molecule has 2 N–H and O–H groups in total. The van der Waals surface area contributed by atoms with Gasteiger partial charge in [-0.05, 0) is 84.9 Å². The molecule has 0 saturated heterocycles. The molecule has 0 aliphatic carbocycles. The predicted molar refractivity (Wildman–Crippen MR) is 140 cm³/mol. The summed E-state index contributed by atoms with van der Waals surface area (Å²) in [6.07, 6.45) is 3.35. The first kappa shape index (κ1) is 26.8. The van der Waals surface area contributed by atoms with Gasteiger partial charge in [-0.15, -0.1) is 0 Å². The summed E-state index contributed by atoms with van der Waals surface area (Å²) in [6, 6.07) is 23.1. The summed E-state index contributed by atoms with van der Waals surface area (Å²) in [6.45, 7) is 0.256. The molecule has 0 heterocycles. The fraction of sp³-hybridized carbons (Fsp3) is 0.0714. The van der Waals surface area contributed by atoms with Gasteiger partial charge in [0.1, 0.15) is 46.0 Å². The minimum atomic E-state index is -3.87. The molecule has 8 nitrogen and oxygen atoms in total. The van der Waals surface area contributed by atoms with Gasteiger partial charge in [0.15, 0.2) is 0 Å². The van der Waals surface area contributed by atoms with E-state index in [1.165, 1.54) is 72.8 Å². The van der Waals surface area contributed by atoms with E-state index in [1.54, 1.807) is 36.4 Å². The normalized spacial score (nSPS) is 11.9. The molecule has 196 valence electrons. The molecular formula is C28H24O8S2. The summed E-state index contributed by atoms with van der Waals surface area (Å²) >= 11 is 0. The number of rotatable bonds is 10. The molecule has 0 aliphatic rings. The Hall–Kier alpha value is -4.28. The Bertz CT molecular complexity index is 1640. The van der Waals surface area contributed by atoms with Crippen molar-refractivity contribution in [3.8, 4) is 23.0 Å². The number of phenolic OH excluding ortho intramolecular Hbond substituents is 2. The van der Waals surface area contributed by atoms with E-state index in [0.29, 0.717) is 5.75 Å². The Labute approximate surface area is 220 Å². The van der Waals surface area contributed by atoms with E-state index in [-0.39, 0.29) is 50.0 Å². The van der Waals surface area contributed by atoms with Crippen LogP contribution in [0.2, 0.25) is 0 Å². The smallest absolute Gasteiger partial charge is 0.210 e. The number of hydrogen-bond acceptors (Lipinski definition) is 8. The Morgan fingerprint density at radius 2 is 1.08 bits per heavy atom. The van der Waals surface area contributed by atoms with Crippen LogP contribution in [0.1, 0.15) is 0 Å². The quantitative estimate of drug-likeness (QED) is 0.269. The van der Waals surface area contributed by atoms with E-state index in [1.807, 2.05) is 0 Å². The molecule has 4 aromatic carbocycles. The van der Waals surface area contributed by atoms with Gasteiger partial charge < -0.3 is 19.7 Å². The summed E-state index contributed by atoms with van der Waals surface area (Å²) in [4.78, 5) is -0.103. The van der Waals surface area contributed by atoms with Gasteiger partial charge >= 0.3 is 0 Å². The lowest BCUT2D eigenvalue weighted by Gasteiger charge is -2.11. The molecule has 0 saturated carbocycles. The second kappa shape index (κ2) is 11.4. The van der Waals surface area contributed by atoms with Crippen LogP contribution < -0.4 is 9.47 Å².